The molecule has 2 fully saturated rings. The van der Waals surface area contributed by atoms with Gasteiger partial charge in [-0.15, -0.1) is 0 Å². The van der Waals surface area contributed by atoms with Gasteiger partial charge in [0.1, 0.15) is 0 Å². The average Bonchev–Trinajstić information content (AvgIpc) is 2.92. The Morgan fingerprint density at radius 1 is 1.04 bits per heavy atom. The number of carboxylic acids is 1. The summed E-state index contributed by atoms with van der Waals surface area (Å²) in [4.78, 5) is 27.1. The predicted molar refractivity (Wildman–Crippen MR) is 89.9 cm³/mol. The standard InChI is InChI=1S/C16H22F3N5O3/c1-27-15-21-13(23-6-4-2-3-5-7-23)20-14(22-15)24-8-10(12(25)26)11(9-24)16(17,18)19/h10-11H,2-9H2,1H3,(H,25,26)/t10-,11-/m1/s1. The van der Waals surface area contributed by atoms with Crippen LogP contribution in [-0.2, 0) is 4.79 Å². The van der Waals surface area contributed by atoms with Crippen LogP contribution >= 0.6 is 0 Å². The van der Waals surface area contributed by atoms with Gasteiger partial charge in [-0.05, 0) is 12.8 Å². The fourth-order valence-electron chi connectivity index (χ4n) is 3.53. The molecule has 150 valence electrons. The molecule has 3 heterocycles. The number of hydrogen-bond acceptors (Lipinski definition) is 7. The Labute approximate surface area is 154 Å². The number of anilines is 2. The van der Waals surface area contributed by atoms with E-state index in [4.69, 9.17) is 4.74 Å². The van der Waals surface area contributed by atoms with Crippen LogP contribution in [-0.4, -0.2) is 65.5 Å². The minimum absolute atomic E-state index is 0.00146. The van der Waals surface area contributed by atoms with Crippen molar-refractivity contribution in [1.29, 1.82) is 0 Å². The van der Waals surface area contributed by atoms with Crippen molar-refractivity contribution in [3.63, 3.8) is 0 Å². The number of rotatable bonds is 4. The lowest BCUT2D eigenvalue weighted by atomic mass is 9.96. The first-order valence-corrected chi connectivity index (χ1v) is 8.89. The second-order valence-electron chi connectivity index (χ2n) is 6.82. The summed E-state index contributed by atoms with van der Waals surface area (Å²) in [7, 11) is 1.37. The summed E-state index contributed by atoms with van der Waals surface area (Å²) in [6.07, 6.45) is -0.451. The van der Waals surface area contributed by atoms with Crippen LogP contribution in [0.25, 0.3) is 0 Å². The molecule has 1 N–H and O–H groups in total. The SMILES string of the molecule is COc1nc(N2CCCCCC2)nc(N2C[C@@H](C(F)(F)F)[C@H](C(=O)O)C2)n1. The average molecular weight is 389 g/mol. The molecule has 11 heteroatoms. The quantitative estimate of drug-likeness (QED) is 0.836. The maximum absolute atomic E-state index is 13.2. The lowest BCUT2D eigenvalue weighted by molar-refractivity contribution is -0.187. The molecule has 0 amide bonds. The van der Waals surface area contributed by atoms with Crippen molar-refractivity contribution in [1.82, 2.24) is 15.0 Å². The highest BCUT2D eigenvalue weighted by atomic mass is 19.4. The van der Waals surface area contributed by atoms with E-state index >= 15 is 0 Å². The van der Waals surface area contributed by atoms with Gasteiger partial charge in [0, 0.05) is 26.2 Å². The Hall–Kier alpha value is -2.33. The minimum Gasteiger partial charge on any atom is -0.481 e. The van der Waals surface area contributed by atoms with E-state index in [0.29, 0.717) is 5.95 Å². The van der Waals surface area contributed by atoms with Gasteiger partial charge in [0.2, 0.25) is 11.9 Å². The Kier molecular flexibility index (Phi) is 5.56. The monoisotopic (exact) mass is 389 g/mol. The molecule has 0 aromatic carbocycles. The molecule has 0 saturated carbocycles. The Balaban J connectivity index is 1.89. The molecule has 0 bridgehead atoms. The molecule has 0 aliphatic carbocycles. The molecule has 2 aliphatic rings. The van der Waals surface area contributed by atoms with Crippen molar-refractivity contribution in [3.8, 4) is 6.01 Å². The highest BCUT2D eigenvalue weighted by Gasteiger charge is 2.53. The van der Waals surface area contributed by atoms with Gasteiger partial charge >= 0.3 is 18.2 Å². The first kappa shape index (κ1) is 19.4. The first-order valence-electron chi connectivity index (χ1n) is 8.89. The van der Waals surface area contributed by atoms with Crippen molar-refractivity contribution in [2.24, 2.45) is 11.8 Å². The van der Waals surface area contributed by atoms with Crippen LogP contribution in [0.15, 0.2) is 0 Å². The highest BCUT2D eigenvalue weighted by Crippen LogP contribution is 2.39. The topological polar surface area (TPSA) is 91.7 Å². The molecular formula is C16H22F3N5O3. The molecule has 1 aromatic heterocycles. The maximum atomic E-state index is 13.2. The normalized spacial score (nSPS) is 24.0. The number of aromatic nitrogens is 3. The zero-order valence-corrected chi connectivity index (χ0v) is 14.9. The summed E-state index contributed by atoms with van der Waals surface area (Å²) in [6, 6.07) is 0.00146. The summed E-state index contributed by atoms with van der Waals surface area (Å²) in [5.74, 6) is -4.65. The molecule has 0 radical (unpaired) electrons. The molecule has 3 rings (SSSR count). The smallest absolute Gasteiger partial charge is 0.394 e. The van der Waals surface area contributed by atoms with Crippen molar-refractivity contribution in [2.75, 3.05) is 43.1 Å². The van der Waals surface area contributed by atoms with Crippen LogP contribution in [0.5, 0.6) is 6.01 Å². The third-order valence-corrected chi connectivity index (χ3v) is 5.00. The highest BCUT2D eigenvalue weighted by molar-refractivity contribution is 5.72. The van der Waals surface area contributed by atoms with Crippen molar-refractivity contribution in [2.45, 2.75) is 31.9 Å². The van der Waals surface area contributed by atoms with Gasteiger partial charge in [-0.2, -0.15) is 28.1 Å². The molecule has 27 heavy (non-hydrogen) atoms. The predicted octanol–water partition coefficient (Wildman–Crippen LogP) is 1.96. The zero-order valence-electron chi connectivity index (χ0n) is 14.9. The zero-order chi connectivity index (χ0) is 19.6. The van der Waals surface area contributed by atoms with E-state index < -0.39 is 30.5 Å². The summed E-state index contributed by atoms with van der Waals surface area (Å²) in [6.45, 7) is 0.671. The molecule has 2 atom stereocenters. The largest absolute Gasteiger partial charge is 0.481 e. The van der Waals surface area contributed by atoms with E-state index in [0.717, 1.165) is 38.8 Å². The number of nitrogens with zero attached hydrogens (tertiary/aromatic N) is 5. The van der Waals surface area contributed by atoms with Crippen LogP contribution in [0.1, 0.15) is 25.7 Å². The summed E-state index contributed by atoms with van der Waals surface area (Å²) < 4.78 is 44.8. The summed E-state index contributed by atoms with van der Waals surface area (Å²) >= 11 is 0. The number of halogens is 3. The number of alkyl halides is 3. The molecule has 0 spiro atoms. The van der Waals surface area contributed by atoms with E-state index in [2.05, 4.69) is 15.0 Å². The van der Waals surface area contributed by atoms with Gasteiger partial charge in [0.15, 0.2) is 0 Å². The molecule has 0 unspecified atom stereocenters. The van der Waals surface area contributed by atoms with E-state index in [-0.39, 0.29) is 18.5 Å². The maximum Gasteiger partial charge on any atom is 0.394 e. The Morgan fingerprint density at radius 2 is 1.63 bits per heavy atom. The molecule has 8 nitrogen and oxygen atoms in total. The third-order valence-electron chi connectivity index (χ3n) is 5.00. The summed E-state index contributed by atoms with van der Waals surface area (Å²) in [5.41, 5.74) is 0. The van der Waals surface area contributed by atoms with Crippen LogP contribution in [0.2, 0.25) is 0 Å². The van der Waals surface area contributed by atoms with Crippen molar-refractivity contribution in [3.05, 3.63) is 0 Å². The van der Waals surface area contributed by atoms with E-state index in [1.807, 2.05) is 4.90 Å². The summed E-state index contributed by atoms with van der Waals surface area (Å²) in [5, 5.41) is 9.19. The van der Waals surface area contributed by atoms with Crippen LogP contribution in [0.4, 0.5) is 25.1 Å². The van der Waals surface area contributed by atoms with Crippen LogP contribution in [0, 0.1) is 11.8 Å². The van der Waals surface area contributed by atoms with Crippen LogP contribution < -0.4 is 14.5 Å². The van der Waals surface area contributed by atoms with Gasteiger partial charge in [-0.1, -0.05) is 12.8 Å². The van der Waals surface area contributed by atoms with E-state index in [9.17, 15) is 23.1 Å². The van der Waals surface area contributed by atoms with Gasteiger partial charge in [0.25, 0.3) is 0 Å². The third kappa shape index (κ3) is 4.33. The number of aliphatic carboxylic acids is 1. The fraction of sp³-hybridized carbons (Fsp3) is 0.750. The number of carbonyl (C=O) groups is 1. The van der Waals surface area contributed by atoms with Crippen LogP contribution in [0.3, 0.4) is 0 Å². The molecule has 2 aliphatic heterocycles. The lowest BCUT2D eigenvalue weighted by Crippen LogP contribution is -2.33. The van der Waals surface area contributed by atoms with Crippen molar-refractivity contribution >= 4 is 17.9 Å². The number of methoxy groups -OCH3 is 1. The fourth-order valence-corrected chi connectivity index (χ4v) is 3.53. The van der Waals surface area contributed by atoms with Gasteiger partial charge in [-0.3, -0.25) is 4.79 Å². The van der Waals surface area contributed by atoms with E-state index in [1.165, 1.54) is 12.0 Å². The number of ether oxygens (including phenoxy) is 1. The van der Waals surface area contributed by atoms with Gasteiger partial charge in [0.05, 0.1) is 18.9 Å². The first-order chi connectivity index (χ1) is 12.8. The minimum atomic E-state index is -4.61. The number of carboxylic acid groups (broad SMARTS) is 1. The second kappa shape index (κ2) is 7.73. The van der Waals surface area contributed by atoms with Crippen molar-refractivity contribution < 1.29 is 27.8 Å². The van der Waals surface area contributed by atoms with Gasteiger partial charge in [-0.25, -0.2) is 0 Å². The molecule has 2 saturated heterocycles. The van der Waals surface area contributed by atoms with Gasteiger partial charge < -0.3 is 19.6 Å². The Morgan fingerprint density at radius 3 is 2.11 bits per heavy atom. The van der Waals surface area contributed by atoms with E-state index in [1.54, 1.807) is 0 Å². The molecule has 1 aromatic rings. The number of hydrogen-bond donors (Lipinski definition) is 1. The molecular weight excluding hydrogens is 367 g/mol. The second-order valence-corrected chi connectivity index (χ2v) is 6.82. The lowest BCUT2D eigenvalue weighted by Gasteiger charge is -2.23. The Bertz CT molecular complexity index is 680.